The lowest BCUT2D eigenvalue weighted by Gasteiger charge is -2.29. The Labute approximate surface area is 238 Å². The molecular formula is C29H36N2O10. The van der Waals surface area contributed by atoms with Crippen LogP contribution in [-0.2, 0) is 39.8 Å². The lowest BCUT2D eigenvalue weighted by atomic mass is 9.91. The van der Waals surface area contributed by atoms with Gasteiger partial charge in [-0.1, -0.05) is 44.2 Å². The van der Waals surface area contributed by atoms with E-state index in [2.05, 4.69) is 10.3 Å². The maximum absolute atomic E-state index is 13.4. The van der Waals surface area contributed by atoms with Crippen LogP contribution in [0.1, 0.15) is 43.7 Å². The highest BCUT2D eigenvalue weighted by Gasteiger charge is 2.42. The zero-order valence-electron chi connectivity index (χ0n) is 23.8. The van der Waals surface area contributed by atoms with Crippen LogP contribution in [0.15, 0.2) is 42.6 Å². The van der Waals surface area contributed by atoms with Crippen LogP contribution in [0.3, 0.4) is 0 Å². The Morgan fingerprint density at radius 1 is 1.12 bits per heavy atom. The minimum atomic E-state index is -1.39. The number of hydrogen-bond acceptors (Lipinski definition) is 11. The Hall–Kier alpha value is -4.19. The van der Waals surface area contributed by atoms with Crippen LogP contribution in [0.5, 0.6) is 11.5 Å². The first kappa shape index (κ1) is 31.3. The second kappa shape index (κ2) is 15.0. The molecule has 0 saturated carbocycles. The molecule has 1 aliphatic heterocycles. The topological polar surface area (TPSA) is 149 Å². The van der Waals surface area contributed by atoms with Gasteiger partial charge in [-0.25, -0.2) is 9.78 Å². The Balaban J connectivity index is 1.87. The summed E-state index contributed by atoms with van der Waals surface area (Å²) in [6.07, 6.45) is -0.658. The molecule has 0 aliphatic carbocycles. The molecule has 0 radical (unpaired) electrons. The number of carbonyl (C=O) groups excluding carboxylic acids is 4. The summed E-state index contributed by atoms with van der Waals surface area (Å²) in [5.74, 6) is -4.19. The second-order valence-corrected chi connectivity index (χ2v) is 9.60. The highest BCUT2D eigenvalue weighted by molar-refractivity contribution is 5.98. The normalized spacial score (nSPS) is 21.0. The van der Waals surface area contributed by atoms with Crippen molar-refractivity contribution in [2.75, 3.05) is 27.1 Å². The number of aromatic nitrogens is 1. The van der Waals surface area contributed by atoms with Gasteiger partial charge in [0, 0.05) is 18.9 Å². The number of rotatable bonds is 11. The highest BCUT2D eigenvalue weighted by atomic mass is 16.7. The monoisotopic (exact) mass is 572 g/mol. The minimum absolute atomic E-state index is 0.00586. The molecule has 1 aliphatic rings. The molecule has 0 unspecified atom stereocenters. The lowest BCUT2D eigenvalue weighted by molar-refractivity contribution is -0.176. The van der Waals surface area contributed by atoms with Gasteiger partial charge in [0.2, 0.25) is 0 Å². The zero-order valence-corrected chi connectivity index (χ0v) is 23.8. The fourth-order valence-electron chi connectivity index (χ4n) is 4.05. The molecule has 0 bridgehead atoms. The van der Waals surface area contributed by atoms with Crippen LogP contribution in [0.2, 0.25) is 0 Å². The van der Waals surface area contributed by atoms with E-state index in [0.29, 0.717) is 6.61 Å². The highest BCUT2D eigenvalue weighted by Crippen LogP contribution is 2.30. The van der Waals surface area contributed by atoms with Gasteiger partial charge in [-0.05, 0) is 25.8 Å². The molecule has 1 saturated heterocycles. The van der Waals surface area contributed by atoms with Gasteiger partial charge in [0.05, 0.1) is 13.0 Å². The lowest BCUT2D eigenvalue weighted by Crippen LogP contribution is -2.47. The number of esters is 3. The van der Waals surface area contributed by atoms with Crippen molar-refractivity contribution in [2.45, 2.75) is 52.4 Å². The predicted octanol–water partition coefficient (Wildman–Crippen LogP) is 2.48. The number of hydrogen-bond donors (Lipinski definition) is 1. The van der Waals surface area contributed by atoms with E-state index in [1.54, 1.807) is 20.8 Å². The van der Waals surface area contributed by atoms with Crippen LogP contribution >= 0.6 is 0 Å². The average molecular weight is 573 g/mol. The maximum atomic E-state index is 13.4. The average Bonchev–Trinajstić information content (AvgIpc) is 2.99. The molecule has 0 spiro atoms. The summed E-state index contributed by atoms with van der Waals surface area (Å²) in [4.78, 5) is 56.4. The van der Waals surface area contributed by atoms with Crippen molar-refractivity contribution < 1.29 is 47.6 Å². The van der Waals surface area contributed by atoms with Gasteiger partial charge in [0.25, 0.3) is 5.91 Å². The molecule has 1 aromatic heterocycles. The number of nitrogens with one attached hydrogen (secondary N) is 1. The van der Waals surface area contributed by atoms with Crippen molar-refractivity contribution in [2.24, 2.45) is 11.8 Å². The Kier molecular flexibility index (Phi) is 11.5. The summed E-state index contributed by atoms with van der Waals surface area (Å²) in [6, 6.07) is 9.24. The van der Waals surface area contributed by atoms with Gasteiger partial charge >= 0.3 is 17.9 Å². The molecule has 41 heavy (non-hydrogen) atoms. The third kappa shape index (κ3) is 8.40. The second-order valence-electron chi connectivity index (χ2n) is 9.60. The van der Waals surface area contributed by atoms with Crippen molar-refractivity contribution in [3.63, 3.8) is 0 Å². The first-order chi connectivity index (χ1) is 19.7. The van der Waals surface area contributed by atoms with E-state index in [4.69, 9.17) is 28.4 Å². The molecule has 4 atom stereocenters. The first-order valence-electron chi connectivity index (χ1n) is 13.3. The Morgan fingerprint density at radius 2 is 1.85 bits per heavy atom. The van der Waals surface area contributed by atoms with Crippen molar-refractivity contribution >= 4 is 23.8 Å². The quantitative estimate of drug-likeness (QED) is 0.183. The number of pyridine rings is 1. The molecule has 1 N–H and O–H groups in total. The van der Waals surface area contributed by atoms with E-state index in [9.17, 15) is 19.2 Å². The number of ether oxygens (including phenoxy) is 6. The summed E-state index contributed by atoms with van der Waals surface area (Å²) in [5, 5.41) is 2.50. The zero-order chi connectivity index (χ0) is 29.9. The third-order valence-corrected chi connectivity index (χ3v) is 6.26. The fraction of sp³-hybridized carbons (Fsp3) is 0.483. The molecule has 222 valence electrons. The minimum Gasteiger partial charge on any atom is -0.493 e. The van der Waals surface area contributed by atoms with Crippen molar-refractivity contribution in [3.8, 4) is 11.5 Å². The summed E-state index contributed by atoms with van der Waals surface area (Å²) in [6.45, 7) is 6.30. The van der Waals surface area contributed by atoms with Gasteiger partial charge in [-0.15, -0.1) is 0 Å². The van der Waals surface area contributed by atoms with Gasteiger partial charge in [-0.3, -0.25) is 14.4 Å². The molecule has 1 amide bonds. The van der Waals surface area contributed by atoms with Gasteiger partial charge in [0.15, 0.2) is 36.1 Å². The van der Waals surface area contributed by atoms with Crippen molar-refractivity contribution in [1.29, 1.82) is 0 Å². The van der Waals surface area contributed by atoms with Crippen molar-refractivity contribution in [3.05, 3.63) is 53.9 Å². The Bertz CT molecular complexity index is 1200. The molecule has 2 aromatic rings. The van der Waals surface area contributed by atoms with E-state index >= 15 is 0 Å². The number of cyclic esters (lactones) is 2. The van der Waals surface area contributed by atoms with Crippen molar-refractivity contribution in [1.82, 2.24) is 10.3 Å². The Morgan fingerprint density at radius 3 is 2.51 bits per heavy atom. The van der Waals surface area contributed by atoms with E-state index in [0.717, 1.165) is 5.56 Å². The van der Waals surface area contributed by atoms with Gasteiger partial charge in [0.1, 0.15) is 18.6 Å². The number of benzene rings is 1. The first-order valence-corrected chi connectivity index (χ1v) is 13.3. The summed E-state index contributed by atoms with van der Waals surface area (Å²) in [7, 11) is 1.40. The molecule has 1 aromatic carbocycles. The predicted molar refractivity (Wildman–Crippen MR) is 144 cm³/mol. The van der Waals surface area contributed by atoms with Gasteiger partial charge in [-0.2, -0.15) is 0 Å². The van der Waals surface area contributed by atoms with E-state index in [1.807, 2.05) is 30.3 Å². The number of methoxy groups -OCH3 is 1. The summed E-state index contributed by atoms with van der Waals surface area (Å²) in [5.41, 5.74) is 0.619. The molecule has 3 rings (SSSR count). The smallest absolute Gasteiger partial charge is 0.332 e. The maximum Gasteiger partial charge on any atom is 0.332 e. The van der Waals surface area contributed by atoms with Crippen LogP contribution in [0.25, 0.3) is 0 Å². The van der Waals surface area contributed by atoms with Gasteiger partial charge < -0.3 is 33.7 Å². The van der Waals surface area contributed by atoms with Crippen LogP contribution in [0.4, 0.5) is 0 Å². The van der Waals surface area contributed by atoms with Crippen LogP contribution < -0.4 is 14.8 Å². The van der Waals surface area contributed by atoms with E-state index in [-0.39, 0.29) is 30.4 Å². The van der Waals surface area contributed by atoms with E-state index < -0.39 is 60.5 Å². The standard InChI is InChI=1S/C29H36N2O10/c1-6-37-16-39-25-22(36-5)12-13-30-23(25)26(32)31-21-15-38-28(34)20(14-19-10-8-7-9-11-19)24(18(4)40-29(21)35)41-27(33)17(2)3/h7-13,17-18,20-21,24H,6,14-16H2,1-5H3,(H,31,32)/t18-,20+,21-,24-/m0/s1. The summed E-state index contributed by atoms with van der Waals surface area (Å²) >= 11 is 0. The number of carbonyl (C=O) groups is 4. The molecule has 12 nitrogen and oxygen atoms in total. The summed E-state index contributed by atoms with van der Waals surface area (Å²) < 4.78 is 32.8. The molecule has 2 heterocycles. The molecule has 12 heteroatoms. The van der Waals surface area contributed by atoms with Crippen LogP contribution in [-0.4, -0.2) is 74.2 Å². The number of nitrogens with zero attached hydrogens (tertiary/aromatic N) is 1. The number of amides is 1. The third-order valence-electron chi connectivity index (χ3n) is 6.26. The fourth-order valence-corrected chi connectivity index (χ4v) is 4.05. The molecular weight excluding hydrogens is 536 g/mol. The van der Waals surface area contributed by atoms with E-state index in [1.165, 1.54) is 26.3 Å². The SMILES string of the molecule is CCOCOc1c(OC)ccnc1C(=O)N[C@H]1COC(=O)[C@H](Cc2ccccc2)[C@@H](OC(=O)C(C)C)[C@H](C)OC1=O. The van der Waals surface area contributed by atoms with Crippen LogP contribution in [0, 0.1) is 11.8 Å². The molecule has 1 fully saturated rings. The largest absolute Gasteiger partial charge is 0.493 e.